The number of hydrogen-bond donors (Lipinski definition) is 1. The van der Waals surface area contributed by atoms with Crippen LogP contribution >= 0.6 is 0 Å². The summed E-state index contributed by atoms with van der Waals surface area (Å²) < 4.78 is 5.75. The second-order valence-corrected chi connectivity index (χ2v) is 5.63. The van der Waals surface area contributed by atoms with Gasteiger partial charge < -0.3 is 10.1 Å². The summed E-state index contributed by atoms with van der Waals surface area (Å²) in [5, 5.41) is 3.46. The van der Waals surface area contributed by atoms with Crippen LogP contribution in [0.15, 0.2) is 18.3 Å². The Labute approximate surface area is 111 Å². The fourth-order valence-electron chi connectivity index (χ4n) is 1.57. The molecule has 1 aromatic rings. The average molecular weight is 250 g/mol. The number of unbranched alkanes of at least 4 members (excludes halogenated alkanes) is 2. The topological polar surface area (TPSA) is 34.1 Å². The number of pyridine rings is 1. The molecule has 0 bridgehead atoms. The highest BCUT2D eigenvalue weighted by Gasteiger charge is 2.11. The first kappa shape index (κ1) is 15.0. The van der Waals surface area contributed by atoms with Gasteiger partial charge >= 0.3 is 0 Å². The van der Waals surface area contributed by atoms with Crippen LogP contribution in [-0.4, -0.2) is 17.1 Å². The predicted octanol–water partition coefficient (Wildman–Crippen LogP) is 3.54. The van der Waals surface area contributed by atoms with Crippen molar-refractivity contribution in [2.45, 2.75) is 59.0 Å². The maximum atomic E-state index is 5.75. The summed E-state index contributed by atoms with van der Waals surface area (Å²) in [5.41, 5.74) is 1.24. The van der Waals surface area contributed by atoms with Gasteiger partial charge in [0.25, 0.3) is 0 Å². The van der Waals surface area contributed by atoms with Crippen molar-refractivity contribution in [1.29, 1.82) is 0 Å². The van der Waals surface area contributed by atoms with Crippen molar-refractivity contribution in [3.05, 3.63) is 23.9 Å². The Morgan fingerprint density at radius 3 is 2.72 bits per heavy atom. The largest absolute Gasteiger partial charge is 0.477 e. The molecule has 3 heteroatoms. The summed E-state index contributed by atoms with van der Waals surface area (Å²) in [6.07, 6.45) is 5.31. The molecule has 0 fully saturated rings. The lowest BCUT2D eigenvalue weighted by Gasteiger charge is -2.21. The molecule has 0 saturated carbocycles. The molecule has 102 valence electrons. The monoisotopic (exact) mass is 250 g/mol. The van der Waals surface area contributed by atoms with Crippen LogP contribution in [0.5, 0.6) is 5.88 Å². The number of hydrogen-bond acceptors (Lipinski definition) is 3. The number of nitrogens with zero attached hydrogens (tertiary/aromatic N) is 1. The maximum Gasteiger partial charge on any atom is 0.217 e. The number of aromatic nitrogens is 1. The summed E-state index contributed by atoms with van der Waals surface area (Å²) in [5.74, 6) is 0.769. The van der Waals surface area contributed by atoms with Crippen LogP contribution < -0.4 is 10.1 Å². The predicted molar refractivity (Wildman–Crippen MR) is 75.8 cm³/mol. The van der Waals surface area contributed by atoms with E-state index in [4.69, 9.17) is 4.74 Å². The zero-order chi connectivity index (χ0) is 13.4. The Morgan fingerprint density at radius 2 is 2.06 bits per heavy atom. The third-order valence-electron chi connectivity index (χ3n) is 2.65. The molecular weight excluding hydrogens is 224 g/mol. The molecule has 18 heavy (non-hydrogen) atoms. The Balaban J connectivity index is 2.51. The molecule has 0 atom stereocenters. The van der Waals surface area contributed by atoms with Gasteiger partial charge in [-0.05, 0) is 33.3 Å². The van der Waals surface area contributed by atoms with Crippen LogP contribution in [0.3, 0.4) is 0 Å². The van der Waals surface area contributed by atoms with Gasteiger partial charge in [-0.25, -0.2) is 4.98 Å². The first-order valence-electron chi connectivity index (χ1n) is 6.84. The minimum atomic E-state index is 0.106. The van der Waals surface area contributed by atoms with E-state index in [0.717, 1.165) is 31.0 Å². The molecule has 0 amide bonds. The lowest BCUT2D eigenvalue weighted by atomic mass is 10.1. The van der Waals surface area contributed by atoms with E-state index in [1.54, 1.807) is 6.20 Å². The number of ether oxygens (including phenoxy) is 1. The first-order chi connectivity index (χ1) is 8.53. The molecule has 0 aliphatic carbocycles. The van der Waals surface area contributed by atoms with Gasteiger partial charge in [-0.3, -0.25) is 0 Å². The maximum absolute atomic E-state index is 5.75. The van der Waals surface area contributed by atoms with Crippen molar-refractivity contribution in [3.63, 3.8) is 0 Å². The van der Waals surface area contributed by atoms with Crippen molar-refractivity contribution in [1.82, 2.24) is 10.3 Å². The zero-order valence-corrected chi connectivity index (χ0v) is 12.1. The van der Waals surface area contributed by atoms with E-state index < -0.39 is 0 Å². The van der Waals surface area contributed by atoms with Crippen molar-refractivity contribution in [2.75, 3.05) is 6.61 Å². The standard InChI is InChI=1S/C15H26N2O/c1-5-6-7-11-18-14-13(9-8-10-16-14)12-17-15(2,3)4/h8-10,17H,5-7,11-12H2,1-4H3. The van der Waals surface area contributed by atoms with Crippen LogP contribution in [0.4, 0.5) is 0 Å². The van der Waals surface area contributed by atoms with E-state index in [2.05, 4.69) is 44.1 Å². The van der Waals surface area contributed by atoms with E-state index in [-0.39, 0.29) is 5.54 Å². The van der Waals surface area contributed by atoms with Gasteiger partial charge in [-0.15, -0.1) is 0 Å². The molecule has 0 radical (unpaired) electrons. The zero-order valence-electron chi connectivity index (χ0n) is 12.1. The van der Waals surface area contributed by atoms with Crippen LogP contribution in [0, 0.1) is 0 Å². The van der Waals surface area contributed by atoms with Crippen LogP contribution in [-0.2, 0) is 6.54 Å². The third kappa shape index (κ3) is 6.01. The van der Waals surface area contributed by atoms with Crippen LogP contribution in [0.1, 0.15) is 52.5 Å². The van der Waals surface area contributed by atoms with Crippen LogP contribution in [0.25, 0.3) is 0 Å². The minimum absolute atomic E-state index is 0.106. The Morgan fingerprint density at radius 1 is 1.28 bits per heavy atom. The normalized spacial score (nSPS) is 11.6. The molecule has 0 aliphatic heterocycles. The summed E-state index contributed by atoms with van der Waals surface area (Å²) >= 11 is 0. The molecule has 1 rings (SSSR count). The summed E-state index contributed by atoms with van der Waals surface area (Å²) in [4.78, 5) is 4.31. The van der Waals surface area contributed by atoms with Crippen LogP contribution in [0.2, 0.25) is 0 Å². The smallest absolute Gasteiger partial charge is 0.217 e. The molecular formula is C15H26N2O. The lowest BCUT2D eigenvalue weighted by Crippen LogP contribution is -2.35. The average Bonchev–Trinajstić information content (AvgIpc) is 2.32. The van der Waals surface area contributed by atoms with E-state index in [0.29, 0.717) is 0 Å². The summed E-state index contributed by atoms with van der Waals surface area (Å²) in [6, 6.07) is 4.03. The molecule has 1 aromatic heterocycles. The minimum Gasteiger partial charge on any atom is -0.477 e. The molecule has 0 spiro atoms. The van der Waals surface area contributed by atoms with Gasteiger partial charge in [0.2, 0.25) is 5.88 Å². The van der Waals surface area contributed by atoms with Gasteiger partial charge in [0.15, 0.2) is 0 Å². The van der Waals surface area contributed by atoms with Crippen molar-refractivity contribution in [3.8, 4) is 5.88 Å². The molecule has 3 nitrogen and oxygen atoms in total. The third-order valence-corrected chi connectivity index (χ3v) is 2.65. The second-order valence-electron chi connectivity index (χ2n) is 5.63. The lowest BCUT2D eigenvalue weighted by molar-refractivity contribution is 0.289. The molecule has 0 unspecified atom stereocenters. The van der Waals surface area contributed by atoms with Gasteiger partial charge in [0.05, 0.1) is 6.61 Å². The fraction of sp³-hybridized carbons (Fsp3) is 0.667. The number of nitrogens with one attached hydrogen (secondary N) is 1. The molecule has 1 heterocycles. The van der Waals surface area contributed by atoms with Gasteiger partial charge in [0.1, 0.15) is 0 Å². The Hall–Kier alpha value is -1.09. The SMILES string of the molecule is CCCCCOc1ncccc1CNC(C)(C)C. The first-order valence-corrected chi connectivity index (χ1v) is 6.84. The molecule has 0 aromatic carbocycles. The quantitative estimate of drug-likeness (QED) is 0.752. The number of rotatable bonds is 7. The Kier molecular flexibility index (Phi) is 6.13. The fourth-order valence-corrected chi connectivity index (χ4v) is 1.57. The molecule has 0 saturated heterocycles. The molecule has 0 aliphatic rings. The van der Waals surface area contributed by atoms with Gasteiger partial charge in [-0.2, -0.15) is 0 Å². The van der Waals surface area contributed by atoms with Gasteiger partial charge in [-0.1, -0.05) is 25.8 Å². The second kappa shape index (κ2) is 7.37. The van der Waals surface area contributed by atoms with Crippen molar-refractivity contribution < 1.29 is 4.74 Å². The molecule has 1 N–H and O–H groups in total. The summed E-state index contributed by atoms with van der Waals surface area (Å²) in [6.45, 7) is 10.2. The van der Waals surface area contributed by atoms with Crippen molar-refractivity contribution in [2.24, 2.45) is 0 Å². The van der Waals surface area contributed by atoms with E-state index in [1.165, 1.54) is 12.8 Å². The van der Waals surface area contributed by atoms with E-state index in [9.17, 15) is 0 Å². The van der Waals surface area contributed by atoms with Gasteiger partial charge in [0, 0.05) is 23.8 Å². The van der Waals surface area contributed by atoms with E-state index in [1.807, 2.05) is 6.07 Å². The van der Waals surface area contributed by atoms with Crippen molar-refractivity contribution >= 4 is 0 Å². The highest BCUT2D eigenvalue weighted by Crippen LogP contribution is 2.15. The van der Waals surface area contributed by atoms with E-state index >= 15 is 0 Å². The highest BCUT2D eigenvalue weighted by atomic mass is 16.5. The Bertz CT molecular complexity index is 345. The summed E-state index contributed by atoms with van der Waals surface area (Å²) in [7, 11) is 0. The highest BCUT2D eigenvalue weighted by molar-refractivity contribution is 5.25.